The van der Waals surface area contributed by atoms with E-state index >= 15 is 0 Å². The van der Waals surface area contributed by atoms with Crippen molar-refractivity contribution in [1.82, 2.24) is 0 Å². The molecule has 0 spiro atoms. The fourth-order valence-electron chi connectivity index (χ4n) is 1.12. The number of hydrogen-bond acceptors (Lipinski definition) is 5. The van der Waals surface area contributed by atoms with E-state index in [0.717, 1.165) is 0 Å². The van der Waals surface area contributed by atoms with E-state index in [9.17, 15) is 4.79 Å². The van der Waals surface area contributed by atoms with Gasteiger partial charge in [0.2, 0.25) is 0 Å². The smallest absolute Gasteiger partial charge is 0.447 e. The third-order valence-corrected chi connectivity index (χ3v) is 5.61. The van der Waals surface area contributed by atoms with Gasteiger partial charge in [-0.05, 0) is 29.3 Å². The Balaban J connectivity index is 4.18. The molecular weight excluding hydrogens is 308 g/mol. The summed E-state index contributed by atoms with van der Waals surface area (Å²) in [5, 5.41) is -0.404. The molecule has 0 saturated carbocycles. The Morgan fingerprint density at radius 1 is 1.29 bits per heavy atom. The molecular formula is C10H19BrO5Si. The molecule has 0 fully saturated rings. The predicted octanol–water partition coefficient (Wildman–Crippen LogP) is 2.09. The summed E-state index contributed by atoms with van der Waals surface area (Å²) in [6.45, 7) is 5.10. The van der Waals surface area contributed by atoms with Crippen molar-refractivity contribution in [3.8, 4) is 0 Å². The van der Waals surface area contributed by atoms with Crippen LogP contribution in [0.2, 0.25) is 6.04 Å². The molecule has 0 aliphatic heterocycles. The molecule has 0 aliphatic rings. The molecule has 100 valence electrons. The highest BCUT2D eigenvalue weighted by Gasteiger charge is 2.38. The third kappa shape index (κ3) is 5.78. The van der Waals surface area contributed by atoms with Crippen molar-refractivity contribution in [2.75, 3.05) is 21.3 Å². The molecule has 0 bridgehead atoms. The summed E-state index contributed by atoms with van der Waals surface area (Å²) in [4.78, 5) is 11.3. The Hall–Kier alpha value is -0.213. The Labute approximate surface area is 112 Å². The molecule has 0 aromatic rings. The minimum Gasteiger partial charge on any atom is -0.447 e. The summed E-state index contributed by atoms with van der Waals surface area (Å²) in [6, 6.07) is 0.551. The van der Waals surface area contributed by atoms with Crippen molar-refractivity contribution in [2.24, 2.45) is 0 Å². The van der Waals surface area contributed by atoms with Crippen LogP contribution in [0.25, 0.3) is 0 Å². The Morgan fingerprint density at radius 2 is 1.76 bits per heavy atom. The molecule has 0 rings (SSSR count). The highest BCUT2D eigenvalue weighted by atomic mass is 79.9. The lowest BCUT2D eigenvalue weighted by Crippen LogP contribution is -2.43. The van der Waals surface area contributed by atoms with Gasteiger partial charge in [0.1, 0.15) is 0 Å². The first-order chi connectivity index (χ1) is 7.90. The number of carbonyl (C=O) groups is 1. The minimum absolute atomic E-state index is 0.364. The summed E-state index contributed by atoms with van der Waals surface area (Å²) in [7, 11) is 2.03. The molecule has 0 radical (unpaired) electrons. The molecule has 7 heteroatoms. The van der Waals surface area contributed by atoms with Gasteiger partial charge in [0.25, 0.3) is 0 Å². The van der Waals surface area contributed by atoms with E-state index in [-0.39, 0.29) is 0 Å². The average Bonchev–Trinajstić information content (AvgIpc) is 2.31. The van der Waals surface area contributed by atoms with Gasteiger partial charge in [-0.2, -0.15) is 0 Å². The van der Waals surface area contributed by atoms with Crippen molar-refractivity contribution >= 4 is 30.7 Å². The van der Waals surface area contributed by atoms with Crippen molar-refractivity contribution in [3.05, 3.63) is 12.2 Å². The number of halogens is 1. The van der Waals surface area contributed by atoms with Crippen LogP contribution in [0.5, 0.6) is 0 Å². The lowest BCUT2D eigenvalue weighted by molar-refractivity contribution is -0.140. The first kappa shape index (κ1) is 16.8. The van der Waals surface area contributed by atoms with Crippen LogP contribution in [-0.4, -0.2) is 41.1 Å². The average molecular weight is 327 g/mol. The summed E-state index contributed by atoms with van der Waals surface area (Å²) in [6.07, 6.45) is 0.542. The highest BCUT2D eigenvalue weighted by Crippen LogP contribution is 2.20. The molecule has 1 unspecified atom stereocenters. The molecule has 0 aromatic carbocycles. The van der Waals surface area contributed by atoms with E-state index < -0.39 is 19.8 Å². The Kier molecular flexibility index (Phi) is 7.89. The fraction of sp³-hybridized carbons (Fsp3) is 0.700. The van der Waals surface area contributed by atoms with Gasteiger partial charge in [0, 0.05) is 32.9 Å². The molecule has 17 heavy (non-hydrogen) atoms. The molecule has 1 atom stereocenters. The van der Waals surface area contributed by atoms with Crippen LogP contribution in [0.1, 0.15) is 13.3 Å². The summed E-state index contributed by atoms with van der Waals surface area (Å²) < 4.78 is 20.8. The highest BCUT2D eigenvalue weighted by molar-refractivity contribution is 9.09. The van der Waals surface area contributed by atoms with Gasteiger partial charge >= 0.3 is 14.8 Å². The number of rotatable bonds is 8. The van der Waals surface area contributed by atoms with Crippen LogP contribution in [0.15, 0.2) is 12.2 Å². The third-order valence-electron chi connectivity index (χ3n) is 2.19. The molecule has 0 amide bonds. The van der Waals surface area contributed by atoms with Crippen molar-refractivity contribution in [3.63, 3.8) is 0 Å². The molecule has 0 heterocycles. The summed E-state index contributed by atoms with van der Waals surface area (Å²) in [5.41, 5.74) is 0.364. The van der Waals surface area contributed by atoms with Gasteiger partial charge in [-0.3, -0.25) is 0 Å². The van der Waals surface area contributed by atoms with E-state index in [1.165, 1.54) is 0 Å². The number of hydrogen-bond donors (Lipinski definition) is 0. The lowest BCUT2D eigenvalue weighted by Gasteiger charge is -2.25. The number of esters is 1. The van der Waals surface area contributed by atoms with Gasteiger partial charge in [0.05, 0.1) is 0 Å². The maximum Gasteiger partial charge on any atom is 0.500 e. The quantitative estimate of drug-likeness (QED) is 0.296. The second-order valence-electron chi connectivity index (χ2n) is 3.43. The second-order valence-corrected chi connectivity index (χ2v) is 7.54. The molecule has 0 aliphatic carbocycles. The number of ether oxygens (including phenoxy) is 1. The number of alkyl halides is 1. The van der Waals surface area contributed by atoms with E-state index in [4.69, 9.17) is 18.0 Å². The maximum atomic E-state index is 11.3. The minimum atomic E-state index is -2.60. The first-order valence-electron chi connectivity index (χ1n) is 5.06. The van der Waals surface area contributed by atoms with E-state index in [1.54, 1.807) is 28.3 Å². The number of carbonyl (C=O) groups excluding carboxylic acids is 1. The van der Waals surface area contributed by atoms with Gasteiger partial charge in [-0.25, -0.2) is 4.79 Å². The van der Waals surface area contributed by atoms with Crippen LogP contribution in [0.3, 0.4) is 0 Å². The van der Waals surface area contributed by atoms with Crippen LogP contribution in [0.4, 0.5) is 0 Å². The SMILES string of the molecule is C=C(C)C(=O)OC(Br)CC[Si](OC)(OC)OC. The van der Waals surface area contributed by atoms with Crippen molar-refractivity contribution in [2.45, 2.75) is 24.4 Å². The van der Waals surface area contributed by atoms with Gasteiger partial charge in [0.15, 0.2) is 5.01 Å². The lowest BCUT2D eigenvalue weighted by atomic mass is 10.4. The summed E-state index contributed by atoms with van der Waals surface area (Å²) in [5.74, 6) is -0.425. The van der Waals surface area contributed by atoms with Crippen LogP contribution < -0.4 is 0 Å². The zero-order valence-corrected chi connectivity index (χ0v) is 13.2. The Morgan fingerprint density at radius 3 is 2.12 bits per heavy atom. The van der Waals surface area contributed by atoms with Crippen LogP contribution in [0, 0.1) is 0 Å². The standard InChI is InChI=1S/C10H19BrO5Si/c1-8(2)10(12)16-9(11)6-7-17(13-3,14-4)15-5/h9H,1,6-7H2,2-5H3. The van der Waals surface area contributed by atoms with E-state index in [1.807, 2.05) is 0 Å². The van der Waals surface area contributed by atoms with E-state index in [2.05, 4.69) is 22.5 Å². The topological polar surface area (TPSA) is 54.0 Å². The van der Waals surface area contributed by atoms with E-state index in [0.29, 0.717) is 18.0 Å². The van der Waals surface area contributed by atoms with Crippen LogP contribution in [-0.2, 0) is 22.8 Å². The predicted molar refractivity (Wildman–Crippen MR) is 69.8 cm³/mol. The molecule has 5 nitrogen and oxygen atoms in total. The van der Waals surface area contributed by atoms with Crippen molar-refractivity contribution < 1.29 is 22.8 Å². The Bertz CT molecular complexity index is 259. The van der Waals surface area contributed by atoms with Gasteiger partial charge in [-0.15, -0.1) is 0 Å². The largest absolute Gasteiger partial charge is 0.500 e. The normalized spacial score (nSPS) is 13.2. The maximum absolute atomic E-state index is 11.3. The summed E-state index contributed by atoms with van der Waals surface area (Å²) >= 11 is 3.26. The second kappa shape index (κ2) is 7.99. The monoisotopic (exact) mass is 326 g/mol. The first-order valence-corrected chi connectivity index (χ1v) is 7.91. The van der Waals surface area contributed by atoms with Crippen LogP contribution >= 0.6 is 15.9 Å². The molecule has 0 aromatic heterocycles. The zero-order valence-electron chi connectivity index (χ0n) is 10.6. The fourth-order valence-corrected chi connectivity index (χ4v) is 3.67. The zero-order chi connectivity index (χ0) is 13.5. The van der Waals surface area contributed by atoms with Gasteiger partial charge in [-0.1, -0.05) is 6.58 Å². The van der Waals surface area contributed by atoms with Crippen molar-refractivity contribution in [1.29, 1.82) is 0 Å². The van der Waals surface area contributed by atoms with Gasteiger partial charge < -0.3 is 18.0 Å². The molecule has 0 saturated heterocycles. The molecule has 0 N–H and O–H groups in total.